The average Bonchev–Trinajstić information content (AvgIpc) is 2.72. The van der Waals surface area contributed by atoms with Gasteiger partial charge >= 0.3 is 0 Å². The largest absolute Gasteiger partial charge is 0.349 e. The first-order valence-corrected chi connectivity index (χ1v) is 6.24. The molecule has 0 spiro atoms. The minimum Gasteiger partial charge on any atom is -0.349 e. The van der Waals surface area contributed by atoms with Crippen LogP contribution in [0.4, 0.5) is 0 Å². The van der Waals surface area contributed by atoms with E-state index in [0.29, 0.717) is 12.0 Å². The maximum atomic E-state index is 12.0. The zero-order valence-electron chi connectivity index (χ0n) is 9.43. The number of nitrogens with one attached hydrogen (secondary N) is 1. The molecule has 0 bridgehead atoms. The molecule has 0 saturated heterocycles. The second-order valence-electron chi connectivity index (χ2n) is 3.88. The summed E-state index contributed by atoms with van der Waals surface area (Å²) >= 11 is 1.56. The Morgan fingerprint density at radius 3 is 3.06 bits per heavy atom. The molecule has 4 heteroatoms. The molecule has 0 fully saturated rings. The van der Waals surface area contributed by atoms with Crippen molar-refractivity contribution in [1.29, 1.82) is 5.26 Å². The Morgan fingerprint density at radius 1 is 1.53 bits per heavy atom. The SMILES string of the molecule is CC(CC#N)NC(=O)c1csc2ccccc12. The highest BCUT2D eigenvalue weighted by atomic mass is 32.1. The number of hydrogen-bond acceptors (Lipinski definition) is 3. The molecule has 0 radical (unpaired) electrons. The zero-order valence-corrected chi connectivity index (χ0v) is 10.3. The second-order valence-corrected chi connectivity index (χ2v) is 4.79. The molecule has 1 unspecified atom stereocenters. The summed E-state index contributed by atoms with van der Waals surface area (Å²) in [5.41, 5.74) is 0.690. The third-order valence-corrected chi connectivity index (χ3v) is 3.46. The molecule has 1 N–H and O–H groups in total. The molecular formula is C13H12N2OS. The first-order chi connectivity index (χ1) is 8.22. The molecule has 1 amide bonds. The standard InChI is InChI=1S/C13H12N2OS/c1-9(6-7-14)15-13(16)11-8-17-12-5-3-2-4-10(11)12/h2-5,8-9H,6H2,1H3,(H,15,16). The van der Waals surface area contributed by atoms with Crippen molar-refractivity contribution in [3.05, 3.63) is 35.2 Å². The highest BCUT2D eigenvalue weighted by Gasteiger charge is 2.13. The van der Waals surface area contributed by atoms with Crippen molar-refractivity contribution < 1.29 is 4.79 Å². The van der Waals surface area contributed by atoms with E-state index in [1.807, 2.05) is 42.6 Å². The third kappa shape index (κ3) is 2.45. The van der Waals surface area contributed by atoms with Crippen molar-refractivity contribution in [3.8, 4) is 6.07 Å². The van der Waals surface area contributed by atoms with Gasteiger partial charge in [0.25, 0.3) is 5.91 Å². The van der Waals surface area contributed by atoms with Gasteiger partial charge in [0.05, 0.1) is 18.1 Å². The van der Waals surface area contributed by atoms with E-state index < -0.39 is 0 Å². The molecule has 0 aliphatic carbocycles. The molecule has 86 valence electrons. The fourth-order valence-corrected chi connectivity index (χ4v) is 2.58. The van der Waals surface area contributed by atoms with Crippen LogP contribution in [0.1, 0.15) is 23.7 Å². The molecule has 1 atom stereocenters. The van der Waals surface area contributed by atoms with Crippen LogP contribution in [0.5, 0.6) is 0 Å². The highest BCUT2D eigenvalue weighted by molar-refractivity contribution is 7.17. The minimum atomic E-state index is -0.119. The van der Waals surface area contributed by atoms with Crippen LogP contribution in [0.3, 0.4) is 0 Å². The van der Waals surface area contributed by atoms with Crippen molar-refractivity contribution in [2.75, 3.05) is 0 Å². The van der Waals surface area contributed by atoms with Gasteiger partial charge in [0.15, 0.2) is 0 Å². The number of amides is 1. The quantitative estimate of drug-likeness (QED) is 0.902. The normalized spacial score (nSPS) is 12.0. The Hall–Kier alpha value is -1.86. The van der Waals surface area contributed by atoms with Crippen LogP contribution in [-0.2, 0) is 0 Å². The van der Waals surface area contributed by atoms with Crippen LogP contribution in [0.15, 0.2) is 29.6 Å². The van der Waals surface area contributed by atoms with Gasteiger partial charge in [0.1, 0.15) is 0 Å². The lowest BCUT2D eigenvalue weighted by Crippen LogP contribution is -2.31. The summed E-state index contributed by atoms with van der Waals surface area (Å²) < 4.78 is 1.10. The zero-order chi connectivity index (χ0) is 12.3. The molecule has 17 heavy (non-hydrogen) atoms. The van der Waals surface area contributed by atoms with Gasteiger partial charge in [-0.05, 0) is 13.0 Å². The van der Waals surface area contributed by atoms with E-state index in [2.05, 4.69) is 5.32 Å². The topological polar surface area (TPSA) is 52.9 Å². The maximum absolute atomic E-state index is 12.0. The number of fused-ring (bicyclic) bond motifs is 1. The van der Waals surface area contributed by atoms with Gasteiger partial charge in [-0.1, -0.05) is 18.2 Å². The van der Waals surface area contributed by atoms with E-state index in [-0.39, 0.29) is 11.9 Å². The summed E-state index contributed by atoms with van der Waals surface area (Å²) in [5, 5.41) is 14.2. The first kappa shape index (κ1) is 11.6. The molecule has 0 aliphatic heterocycles. The molecule has 1 aromatic heterocycles. The number of carbonyl (C=O) groups excluding carboxylic acids is 1. The number of hydrogen-bond donors (Lipinski definition) is 1. The lowest BCUT2D eigenvalue weighted by atomic mass is 10.1. The summed E-state index contributed by atoms with van der Waals surface area (Å²) in [4.78, 5) is 12.0. The number of thiophene rings is 1. The highest BCUT2D eigenvalue weighted by Crippen LogP contribution is 2.25. The second kappa shape index (κ2) is 4.98. The Kier molecular flexibility index (Phi) is 3.40. The van der Waals surface area contributed by atoms with Gasteiger partial charge in [-0.25, -0.2) is 0 Å². The maximum Gasteiger partial charge on any atom is 0.252 e. The van der Waals surface area contributed by atoms with E-state index in [9.17, 15) is 4.79 Å². The lowest BCUT2D eigenvalue weighted by molar-refractivity contribution is 0.0943. The molecule has 1 aromatic carbocycles. The molecule has 2 rings (SSSR count). The van der Waals surface area contributed by atoms with Crippen LogP contribution in [-0.4, -0.2) is 11.9 Å². The van der Waals surface area contributed by atoms with Gasteiger partial charge < -0.3 is 5.32 Å². The molecular weight excluding hydrogens is 232 g/mol. The fraction of sp³-hybridized carbons (Fsp3) is 0.231. The predicted molar refractivity (Wildman–Crippen MR) is 69.0 cm³/mol. The number of rotatable bonds is 3. The Balaban J connectivity index is 2.23. The van der Waals surface area contributed by atoms with Gasteiger partial charge in [-0.3, -0.25) is 4.79 Å². The van der Waals surface area contributed by atoms with Crippen molar-refractivity contribution >= 4 is 27.3 Å². The summed E-state index contributed by atoms with van der Waals surface area (Å²) in [6, 6.07) is 9.74. The van der Waals surface area contributed by atoms with Crippen LogP contribution < -0.4 is 5.32 Å². The number of nitrogens with zero attached hydrogens (tertiary/aromatic N) is 1. The summed E-state index contributed by atoms with van der Waals surface area (Å²) in [6.07, 6.45) is 0.327. The monoisotopic (exact) mass is 244 g/mol. The van der Waals surface area contributed by atoms with Crippen LogP contribution in [0.2, 0.25) is 0 Å². The summed E-state index contributed by atoms with van der Waals surface area (Å²) in [5.74, 6) is -0.106. The fourth-order valence-electron chi connectivity index (χ4n) is 1.64. The van der Waals surface area contributed by atoms with Crippen molar-refractivity contribution in [2.45, 2.75) is 19.4 Å². The first-order valence-electron chi connectivity index (χ1n) is 5.36. The van der Waals surface area contributed by atoms with E-state index >= 15 is 0 Å². The number of nitriles is 1. The number of benzene rings is 1. The van der Waals surface area contributed by atoms with Gasteiger partial charge in [0.2, 0.25) is 0 Å². The van der Waals surface area contributed by atoms with Gasteiger partial charge in [0, 0.05) is 21.5 Å². The van der Waals surface area contributed by atoms with Gasteiger partial charge in [-0.15, -0.1) is 11.3 Å². The van der Waals surface area contributed by atoms with Crippen molar-refractivity contribution in [1.82, 2.24) is 5.32 Å². The van der Waals surface area contributed by atoms with E-state index in [4.69, 9.17) is 5.26 Å². The predicted octanol–water partition coefficient (Wildman–Crippen LogP) is 2.93. The van der Waals surface area contributed by atoms with E-state index in [1.54, 1.807) is 11.3 Å². The Bertz CT molecular complexity index is 582. The van der Waals surface area contributed by atoms with E-state index in [0.717, 1.165) is 10.1 Å². The molecule has 1 heterocycles. The number of carbonyl (C=O) groups is 1. The van der Waals surface area contributed by atoms with Crippen LogP contribution in [0, 0.1) is 11.3 Å². The van der Waals surface area contributed by atoms with Crippen LogP contribution >= 0.6 is 11.3 Å². The molecule has 0 saturated carbocycles. The molecule has 3 nitrogen and oxygen atoms in total. The lowest BCUT2D eigenvalue weighted by Gasteiger charge is -2.09. The average molecular weight is 244 g/mol. The molecule has 2 aromatic rings. The Morgan fingerprint density at radius 2 is 2.29 bits per heavy atom. The van der Waals surface area contributed by atoms with Crippen molar-refractivity contribution in [3.63, 3.8) is 0 Å². The Labute approximate surface area is 104 Å². The van der Waals surface area contributed by atoms with E-state index in [1.165, 1.54) is 0 Å². The smallest absolute Gasteiger partial charge is 0.252 e. The van der Waals surface area contributed by atoms with Crippen molar-refractivity contribution in [2.24, 2.45) is 0 Å². The van der Waals surface area contributed by atoms with Crippen LogP contribution in [0.25, 0.3) is 10.1 Å². The molecule has 0 aliphatic rings. The minimum absolute atomic E-state index is 0.106. The van der Waals surface area contributed by atoms with Gasteiger partial charge in [-0.2, -0.15) is 5.26 Å². The summed E-state index contributed by atoms with van der Waals surface area (Å²) in [7, 11) is 0. The third-order valence-electron chi connectivity index (χ3n) is 2.50. The summed E-state index contributed by atoms with van der Waals surface area (Å²) in [6.45, 7) is 1.83.